The highest BCUT2D eigenvalue weighted by Crippen LogP contribution is 2.35. The minimum Gasteiger partial charge on any atom is -0.493 e. The second-order valence-corrected chi connectivity index (χ2v) is 2.65. The lowest BCUT2D eigenvalue weighted by molar-refractivity contribution is 0.146. The van der Waals surface area contributed by atoms with Crippen LogP contribution in [0.4, 0.5) is 14.5 Å². The monoisotopic (exact) mass is 208 g/mol. The van der Waals surface area contributed by atoms with Crippen molar-refractivity contribution in [1.29, 1.82) is 0 Å². The Morgan fingerprint density at radius 2 is 2.23 bits per heavy atom. The van der Waals surface area contributed by atoms with E-state index in [0.29, 0.717) is 0 Å². The number of halogens is 3. The molecule has 0 saturated heterocycles. The first kappa shape index (κ1) is 9.98. The highest BCUT2D eigenvalue weighted by Gasteiger charge is 2.18. The fraction of sp³-hybridized carbons (Fsp3) is 0.286. The second kappa shape index (κ2) is 3.74. The predicted molar refractivity (Wildman–Crippen MR) is 45.2 cm³/mol. The Kier molecular flexibility index (Phi) is 2.87. The topological polar surface area (TPSA) is 48.1 Å². The van der Waals surface area contributed by atoms with E-state index in [9.17, 15) is 8.78 Å². The maximum absolute atomic E-state index is 12.2. The number of anilines is 1. The summed E-state index contributed by atoms with van der Waals surface area (Å²) in [5.74, 6) is 0.0342. The molecule has 72 valence electrons. The maximum Gasteiger partial charge on any atom is 0.282 e. The Hall–Kier alpha value is -1.10. The molecule has 0 fully saturated rings. The number of nitrogens with zero attached hydrogens (tertiary/aromatic N) is 1. The van der Waals surface area contributed by atoms with Gasteiger partial charge in [-0.05, 0) is 0 Å². The van der Waals surface area contributed by atoms with Crippen molar-refractivity contribution in [3.05, 3.63) is 16.9 Å². The van der Waals surface area contributed by atoms with Gasteiger partial charge in [-0.15, -0.1) is 0 Å². The number of aromatic nitrogens is 1. The van der Waals surface area contributed by atoms with Crippen LogP contribution in [0.2, 0.25) is 5.02 Å². The van der Waals surface area contributed by atoms with Gasteiger partial charge in [-0.1, -0.05) is 11.6 Å². The van der Waals surface area contributed by atoms with Gasteiger partial charge in [0, 0.05) is 6.20 Å². The van der Waals surface area contributed by atoms with Crippen LogP contribution in [0, 0.1) is 0 Å². The third-order valence-corrected chi connectivity index (χ3v) is 1.73. The molecule has 0 saturated carbocycles. The molecular weight excluding hydrogens is 202 g/mol. The first-order chi connectivity index (χ1) is 6.07. The normalized spacial score (nSPS) is 10.5. The molecule has 1 aromatic heterocycles. The van der Waals surface area contributed by atoms with Crippen molar-refractivity contribution < 1.29 is 13.5 Å². The minimum atomic E-state index is -2.73. The van der Waals surface area contributed by atoms with E-state index in [1.54, 1.807) is 0 Å². The minimum absolute atomic E-state index is 0.0342. The molecule has 13 heavy (non-hydrogen) atoms. The van der Waals surface area contributed by atoms with Crippen molar-refractivity contribution in [2.75, 3.05) is 12.8 Å². The number of alkyl halides is 2. The number of methoxy groups -OCH3 is 1. The van der Waals surface area contributed by atoms with E-state index in [1.807, 2.05) is 0 Å². The van der Waals surface area contributed by atoms with Gasteiger partial charge in [-0.2, -0.15) is 0 Å². The standard InChI is InChI=1S/C7H7ClF2N2O/c1-13-6-3(8)2-12-5(4(6)11)7(9)10/h2,7H,11H2,1H3. The molecule has 0 amide bonds. The lowest BCUT2D eigenvalue weighted by atomic mass is 10.3. The number of pyridine rings is 1. The lowest BCUT2D eigenvalue weighted by Gasteiger charge is -2.09. The number of ether oxygens (including phenoxy) is 1. The molecule has 0 unspecified atom stereocenters. The van der Waals surface area contributed by atoms with Crippen LogP contribution in [-0.2, 0) is 0 Å². The summed E-state index contributed by atoms with van der Waals surface area (Å²) in [7, 11) is 1.30. The van der Waals surface area contributed by atoms with Crippen LogP contribution >= 0.6 is 11.6 Å². The van der Waals surface area contributed by atoms with E-state index in [-0.39, 0.29) is 16.5 Å². The predicted octanol–water partition coefficient (Wildman–Crippen LogP) is 2.26. The van der Waals surface area contributed by atoms with Gasteiger partial charge in [-0.3, -0.25) is 4.98 Å². The Balaban J connectivity index is 3.27. The van der Waals surface area contributed by atoms with E-state index in [0.717, 1.165) is 6.20 Å². The van der Waals surface area contributed by atoms with Crippen LogP contribution in [0.3, 0.4) is 0 Å². The van der Waals surface area contributed by atoms with Crippen molar-refractivity contribution >= 4 is 17.3 Å². The maximum atomic E-state index is 12.2. The molecule has 6 heteroatoms. The lowest BCUT2D eigenvalue weighted by Crippen LogP contribution is -2.01. The first-order valence-electron chi connectivity index (χ1n) is 3.34. The number of rotatable bonds is 2. The van der Waals surface area contributed by atoms with Crippen LogP contribution in [0.15, 0.2) is 6.20 Å². The summed E-state index contributed by atoms with van der Waals surface area (Å²) in [6.07, 6.45) is -1.65. The quantitative estimate of drug-likeness (QED) is 0.811. The Labute approximate surface area is 78.5 Å². The van der Waals surface area contributed by atoms with Crippen LogP contribution in [-0.4, -0.2) is 12.1 Å². The Bertz CT molecular complexity index is 320. The molecule has 1 aromatic rings. The molecule has 0 radical (unpaired) electrons. The van der Waals surface area contributed by atoms with Gasteiger partial charge in [0.05, 0.1) is 7.11 Å². The molecule has 0 atom stereocenters. The highest BCUT2D eigenvalue weighted by molar-refractivity contribution is 6.32. The Morgan fingerprint density at radius 1 is 1.62 bits per heavy atom. The molecule has 2 N–H and O–H groups in total. The molecule has 0 aliphatic rings. The van der Waals surface area contributed by atoms with Gasteiger partial charge in [0.2, 0.25) is 0 Å². The summed E-state index contributed by atoms with van der Waals surface area (Å²) in [6, 6.07) is 0. The summed E-state index contributed by atoms with van der Waals surface area (Å²) in [5, 5.41) is 0.115. The summed E-state index contributed by atoms with van der Waals surface area (Å²) in [4.78, 5) is 3.40. The van der Waals surface area contributed by atoms with Crippen molar-refractivity contribution in [1.82, 2.24) is 4.98 Å². The van der Waals surface area contributed by atoms with Gasteiger partial charge >= 0.3 is 0 Å². The SMILES string of the molecule is COc1c(Cl)cnc(C(F)F)c1N. The van der Waals surface area contributed by atoms with E-state index in [2.05, 4.69) is 4.98 Å². The van der Waals surface area contributed by atoms with E-state index >= 15 is 0 Å². The molecule has 1 rings (SSSR count). The highest BCUT2D eigenvalue weighted by atomic mass is 35.5. The molecule has 0 aliphatic heterocycles. The smallest absolute Gasteiger partial charge is 0.282 e. The van der Waals surface area contributed by atoms with Gasteiger partial charge in [0.25, 0.3) is 6.43 Å². The third kappa shape index (κ3) is 1.80. The van der Waals surface area contributed by atoms with Crippen molar-refractivity contribution in [2.45, 2.75) is 6.43 Å². The number of hydrogen-bond donors (Lipinski definition) is 1. The van der Waals surface area contributed by atoms with Gasteiger partial charge in [0.1, 0.15) is 16.4 Å². The summed E-state index contributed by atoms with van der Waals surface area (Å²) in [6.45, 7) is 0. The van der Waals surface area contributed by atoms with Crippen LogP contribution in [0.1, 0.15) is 12.1 Å². The van der Waals surface area contributed by atoms with E-state index in [1.165, 1.54) is 7.11 Å². The van der Waals surface area contributed by atoms with Crippen LogP contribution in [0.25, 0.3) is 0 Å². The molecule has 0 bridgehead atoms. The largest absolute Gasteiger partial charge is 0.493 e. The zero-order valence-electron chi connectivity index (χ0n) is 6.72. The molecule has 1 heterocycles. The van der Waals surface area contributed by atoms with Gasteiger partial charge < -0.3 is 10.5 Å². The van der Waals surface area contributed by atoms with Crippen molar-refractivity contribution in [3.8, 4) is 5.75 Å². The fourth-order valence-corrected chi connectivity index (χ4v) is 1.11. The molecule has 0 aromatic carbocycles. The molecule has 3 nitrogen and oxygen atoms in total. The van der Waals surface area contributed by atoms with Crippen LogP contribution in [0.5, 0.6) is 5.75 Å². The molecule has 0 aliphatic carbocycles. The van der Waals surface area contributed by atoms with Crippen LogP contribution < -0.4 is 10.5 Å². The van der Waals surface area contributed by atoms with Gasteiger partial charge in [0.15, 0.2) is 5.75 Å². The zero-order valence-corrected chi connectivity index (χ0v) is 7.48. The molecule has 0 spiro atoms. The number of nitrogen functional groups attached to an aromatic ring is 1. The average Bonchev–Trinajstić information content (AvgIpc) is 2.04. The number of nitrogens with two attached hydrogens (primary N) is 1. The van der Waals surface area contributed by atoms with E-state index < -0.39 is 12.1 Å². The third-order valence-electron chi connectivity index (χ3n) is 1.47. The summed E-state index contributed by atoms with van der Waals surface area (Å²) in [5.41, 5.74) is 4.61. The first-order valence-corrected chi connectivity index (χ1v) is 3.71. The van der Waals surface area contributed by atoms with Gasteiger partial charge in [-0.25, -0.2) is 8.78 Å². The Morgan fingerprint density at radius 3 is 2.69 bits per heavy atom. The summed E-state index contributed by atoms with van der Waals surface area (Å²) >= 11 is 5.59. The molecular formula is C7H7ClF2N2O. The zero-order chi connectivity index (χ0) is 10.0. The average molecular weight is 209 g/mol. The van der Waals surface area contributed by atoms with Crippen molar-refractivity contribution in [3.63, 3.8) is 0 Å². The van der Waals surface area contributed by atoms with E-state index in [4.69, 9.17) is 22.1 Å². The van der Waals surface area contributed by atoms with Crippen molar-refractivity contribution in [2.24, 2.45) is 0 Å². The number of hydrogen-bond acceptors (Lipinski definition) is 3. The second-order valence-electron chi connectivity index (χ2n) is 2.24. The fourth-order valence-electron chi connectivity index (χ4n) is 0.881. The summed E-state index contributed by atoms with van der Waals surface area (Å²) < 4.78 is 29.2.